The maximum Gasteiger partial charge on any atom is 0.328 e. The van der Waals surface area contributed by atoms with Gasteiger partial charge in [0.1, 0.15) is 6.04 Å². The van der Waals surface area contributed by atoms with E-state index in [1.54, 1.807) is 11.8 Å². The standard InChI is InChI=1S/C15H28N2O3S/c1-20-14(18)13(10-11-21-2)17-15(19)16-12-8-6-4-3-5-7-9-12/h12-13H,3-11H2,1-2H3,(H2,16,17,19)/t13-/m0/s1. The van der Waals surface area contributed by atoms with Crippen molar-refractivity contribution in [3.05, 3.63) is 0 Å². The number of rotatable bonds is 6. The number of hydrogen-bond donors (Lipinski definition) is 2. The Bertz CT molecular complexity index is 318. The lowest BCUT2D eigenvalue weighted by atomic mass is 9.97. The van der Waals surface area contributed by atoms with Crippen LogP contribution in [-0.2, 0) is 9.53 Å². The fourth-order valence-corrected chi connectivity index (χ4v) is 3.08. The highest BCUT2D eigenvalue weighted by molar-refractivity contribution is 7.98. The summed E-state index contributed by atoms with van der Waals surface area (Å²) in [6, 6.07) is -0.586. The molecular formula is C15H28N2O3S. The maximum absolute atomic E-state index is 12.1. The van der Waals surface area contributed by atoms with Crippen molar-refractivity contribution in [1.82, 2.24) is 10.6 Å². The van der Waals surface area contributed by atoms with Gasteiger partial charge in [-0.15, -0.1) is 0 Å². The van der Waals surface area contributed by atoms with Gasteiger partial charge in [-0.1, -0.05) is 32.1 Å². The van der Waals surface area contributed by atoms with Gasteiger partial charge in [-0.2, -0.15) is 11.8 Å². The number of amides is 2. The number of methoxy groups -OCH3 is 1. The van der Waals surface area contributed by atoms with Crippen molar-refractivity contribution >= 4 is 23.8 Å². The summed E-state index contributed by atoms with van der Waals surface area (Å²) < 4.78 is 4.75. The van der Waals surface area contributed by atoms with E-state index in [0.717, 1.165) is 31.4 Å². The molecule has 1 atom stereocenters. The zero-order valence-corrected chi connectivity index (χ0v) is 14.0. The first kappa shape index (κ1) is 18.1. The molecule has 1 rings (SSSR count). The van der Waals surface area contributed by atoms with Gasteiger partial charge in [0.15, 0.2) is 0 Å². The highest BCUT2D eigenvalue weighted by Gasteiger charge is 2.22. The van der Waals surface area contributed by atoms with E-state index < -0.39 is 6.04 Å². The lowest BCUT2D eigenvalue weighted by Gasteiger charge is -2.23. The van der Waals surface area contributed by atoms with Crippen LogP contribution in [0.15, 0.2) is 0 Å². The van der Waals surface area contributed by atoms with Crippen molar-refractivity contribution in [3.63, 3.8) is 0 Å². The Morgan fingerprint density at radius 1 is 1.19 bits per heavy atom. The van der Waals surface area contributed by atoms with Gasteiger partial charge in [0.25, 0.3) is 0 Å². The summed E-state index contributed by atoms with van der Waals surface area (Å²) >= 11 is 1.65. The van der Waals surface area contributed by atoms with E-state index in [0.29, 0.717) is 6.42 Å². The molecule has 21 heavy (non-hydrogen) atoms. The summed E-state index contributed by atoms with van der Waals surface area (Å²) in [6.07, 6.45) is 10.8. The highest BCUT2D eigenvalue weighted by atomic mass is 32.2. The van der Waals surface area contributed by atoms with Gasteiger partial charge in [0.2, 0.25) is 0 Å². The van der Waals surface area contributed by atoms with Gasteiger partial charge >= 0.3 is 12.0 Å². The SMILES string of the molecule is COC(=O)[C@H](CCSC)NC(=O)NC1CCCCCCC1. The molecule has 1 aliphatic rings. The highest BCUT2D eigenvalue weighted by Crippen LogP contribution is 2.17. The fraction of sp³-hybridized carbons (Fsp3) is 0.867. The van der Waals surface area contributed by atoms with Crippen molar-refractivity contribution in [2.45, 2.75) is 63.5 Å². The van der Waals surface area contributed by atoms with Crippen molar-refractivity contribution in [2.24, 2.45) is 0 Å². The van der Waals surface area contributed by atoms with Crippen LogP contribution in [0.25, 0.3) is 0 Å². The lowest BCUT2D eigenvalue weighted by molar-refractivity contribution is -0.142. The van der Waals surface area contributed by atoms with Crippen LogP contribution in [-0.4, -0.2) is 43.2 Å². The van der Waals surface area contributed by atoms with Crippen molar-refractivity contribution in [2.75, 3.05) is 19.1 Å². The quantitative estimate of drug-likeness (QED) is 0.739. The zero-order valence-electron chi connectivity index (χ0n) is 13.2. The van der Waals surface area contributed by atoms with E-state index in [4.69, 9.17) is 4.74 Å². The molecule has 0 bridgehead atoms. The Hall–Kier alpha value is -0.910. The van der Waals surface area contributed by atoms with Crippen LogP contribution in [0.2, 0.25) is 0 Å². The summed E-state index contributed by atoms with van der Waals surface area (Å²) in [7, 11) is 1.35. The van der Waals surface area contributed by atoms with Gasteiger partial charge in [-0.05, 0) is 31.3 Å². The minimum Gasteiger partial charge on any atom is -0.467 e. The first-order valence-electron chi connectivity index (χ1n) is 7.81. The normalized spacial score (nSPS) is 18.2. The van der Waals surface area contributed by atoms with Crippen LogP contribution in [0.4, 0.5) is 4.79 Å². The van der Waals surface area contributed by atoms with Gasteiger partial charge in [-0.3, -0.25) is 0 Å². The number of urea groups is 1. The largest absolute Gasteiger partial charge is 0.467 e. The third-order valence-corrected chi connectivity index (χ3v) is 4.49. The average molecular weight is 316 g/mol. The first-order valence-corrected chi connectivity index (χ1v) is 9.20. The molecule has 0 aliphatic heterocycles. The second-order valence-electron chi connectivity index (χ2n) is 5.52. The molecular weight excluding hydrogens is 288 g/mol. The second-order valence-corrected chi connectivity index (χ2v) is 6.50. The number of carbonyl (C=O) groups is 2. The topological polar surface area (TPSA) is 67.4 Å². The maximum atomic E-state index is 12.1. The summed E-state index contributed by atoms with van der Waals surface area (Å²) in [5.74, 6) is 0.431. The van der Waals surface area contributed by atoms with Crippen LogP contribution >= 0.6 is 11.8 Å². The minimum absolute atomic E-state index is 0.226. The number of carbonyl (C=O) groups excluding carboxylic acids is 2. The Morgan fingerprint density at radius 2 is 1.81 bits per heavy atom. The molecule has 5 nitrogen and oxygen atoms in total. The molecule has 0 heterocycles. The van der Waals surface area contributed by atoms with Crippen LogP contribution in [0.3, 0.4) is 0 Å². The van der Waals surface area contributed by atoms with Crippen LogP contribution < -0.4 is 10.6 Å². The predicted octanol–water partition coefficient (Wildman–Crippen LogP) is 2.69. The Labute approximate surface area is 132 Å². The van der Waals surface area contributed by atoms with E-state index in [1.807, 2.05) is 6.26 Å². The van der Waals surface area contributed by atoms with E-state index in [2.05, 4.69) is 10.6 Å². The summed E-state index contributed by atoms with van der Waals surface area (Å²) in [4.78, 5) is 23.7. The van der Waals surface area contributed by atoms with Crippen LogP contribution in [0, 0.1) is 0 Å². The Balaban J connectivity index is 2.41. The van der Waals surface area contributed by atoms with Gasteiger partial charge in [-0.25, -0.2) is 9.59 Å². The van der Waals surface area contributed by atoms with E-state index in [9.17, 15) is 9.59 Å². The molecule has 2 amide bonds. The minimum atomic E-state index is -0.559. The third kappa shape index (κ3) is 7.60. The van der Waals surface area contributed by atoms with Crippen molar-refractivity contribution in [3.8, 4) is 0 Å². The van der Waals surface area contributed by atoms with Crippen LogP contribution in [0.5, 0.6) is 0 Å². The van der Waals surface area contributed by atoms with E-state index in [-0.39, 0.29) is 18.0 Å². The third-order valence-electron chi connectivity index (χ3n) is 3.84. The predicted molar refractivity (Wildman–Crippen MR) is 86.6 cm³/mol. The smallest absolute Gasteiger partial charge is 0.328 e. The van der Waals surface area contributed by atoms with E-state index >= 15 is 0 Å². The Kier molecular flexibility index (Phi) is 9.30. The molecule has 0 saturated heterocycles. The Morgan fingerprint density at radius 3 is 2.38 bits per heavy atom. The number of ether oxygens (including phenoxy) is 1. The van der Waals surface area contributed by atoms with Gasteiger partial charge < -0.3 is 15.4 Å². The molecule has 0 unspecified atom stereocenters. The molecule has 0 spiro atoms. The van der Waals surface area contributed by atoms with Gasteiger partial charge in [0, 0.05) is 6.04 Å². The monoisotopic (exact) mass is 316 g/mol. The van der Waals surface area contributed by atoms with Crippen molar-refractivity contribution < 1.29 is 14.3 Å². The zero-order chi connectivity index (χ0) is 15.5. The number of hydrogen-bond acceptors (Lipinski definition) is 4. The molecule has 1 aliphatic carbocycles. The average Bonchev–Trinajstić information content (AvgIpc) is 2.45. The molecule has 0 aromatic rings. The molecule has 6 heteroatoms. The lowest BCUT2D eigenvalue weighted by Crippen LogP contribution is -2.49. The fourth-order valence-electron chi connectivity index (χ4n) is 2.61. The second kappa shape index (κ2) is 10.8. The van der Waals surface area contributed by atoms with Crippen LogP contribution in [0.1, 0.15) is 51.4 Å². The molecule has 0 radical (unpaired) electrons. The summed E-state index contributed by atoms with van der Waals surface area (Å²) in [6.45, 7) is 0. The van der Waals surface area contributed by atoms with Gasteiger partial charge in [0.05, 0.1) is 7.11 Å². The van der Waals surface area contributed by atoms with Crippen molar-refractivity contribution in [1.29, 1.82) is 0 Å². The van der Waals surface area contributed by atoms with E-state index in [1.165, 1.54) is 26.4 Å². The molecule has 1 saturated carbocycles. The number of nitrogens with one attached hydrogen (secondary N) is 2. The summed E-state index contributed by atoms with van der Waals surface area (Å²) in [5, 5.41) is 5.76. The molecule has 1 fully saturated rings. The molecule has 0 aromatic carbocycles. The first-order chi connectivity index (χ1) is 10.2. The molecule has 0 aromatic heterocycles. The number of thioether (sulfide) groups is 1. The molecule has 2 N–H and O–H groups in total. The molecule has 122 valence electrons. The summed E-state index contributed by atoms with van der Waals surface area (Å²) in [5.41, 5.74) is 0. The number of esters is 1.